The summed E-state index contributed by atoms with van der Waals surface area (Å²) in [5.74, 6) is 1.06. The van der Waals surface area contributed by atoms with Gasteiger partial charge in [-0.25, -0.2) is 9.46 Å². The second-order valence-electron chi connectivity index (χ2n) is 15.0. The zero-order valence-corrected chi connectivity index (χ0v) is 35.6. The molecule has 0 N–H and O–H groups in total. The van der Waals surface area contributed by atoms with E-state index in [0.717, 1.165) is 16.7 Å². The van der Waals surface area contributed by atoms with Crippen molar-refractivity contribution in [3.05, 3.63) is 131 Å². The summed E-state index contributed by atoms with van der Waals surface area (Å²) < 4.78 is 40.8. The molecule has 2 aliphatic heterocycles. The lowest BCUT2D eigenvalue weighted by atomic mass is 9.80. The molecule has 4 atom stereocenters. The Bertz CT molecular complexity index is 1940. The van der Waals surface area contributed by atoms with Crippen molar-refractivity contribution in [2.24, 2.45) is 0 Å². The molecule has 0 aliphatic carbocycles. The van der Waals surface area contributed by atoms with Crippen LogP contribution in [0.5, 0.6) is 11.5 Å². The monoisotopic (exact) mass is 822 g/mol. The van der Waals surface area contributed by atoms with Crippen LogP contribution >= 0.6 is 8.53 Å². The van der Waals surface area contributed by atoms with E-state index in [0.29, 0.717) is 43.0 Å². The minimum Gasteiger partial charge on any atom is -0.497 e. The lowest BCUT2D eigenvalue weighted by Crippen LogP contribution is -2.55. The van der Waals surface area contributed by atoms with Crippen molar-refractivity contribution in [3.63, 3.8) is 0 Å². The predicted molar refractivity (Wildman–Crippen MR) is 226 cm³/mol. The van der Waals surface area contributed by atoms with Crippen molar-refractivity contribution in [2.45, 2.75) is 83.1 Å². The molecular weight excluding hydrogens is 767 g/mol. The van der Waals surface area contributed by atoms with E-state index in [-0.39, 0.29) is 37.6 Å². The first-order valence-corrected chi connectivity index (χ1v) is 21.3. The largest absolute Gasteiger partial charge is 0.497 e. The molecule has 0 aromatic heterocycles. The van der Waals surface area contributed by atoms with E-state index in [1.54, 1.807) is 43.4 Å². The van der Waals surface area contributed by atoms with Gasteiger partial charge in [-0.15, -0.1) is 0 Å². The van der Waals surface area contributed by atoms with Gasteiger partial charge in [0.05, 0.1) is 46.0 Å². The molecule has 1 unspecified atom stereocenters. The number of benzene rings is 4. The maximum atomic E-state index is 14.2. The Morgan fingerprint density at radius 1 is 0.847 bits per heavy atom. The maximum Gasteiger partial charge on any atom is 0.329 e. The highest BCUT2D eigenvalue weighted by molar-refractivity contribution is 7.44. The highest BCUT2D eigenvalue weighted by atomic mass is 31.2. The van der Waals surface area contributed by atoms with Gasteiger partial charge in [0.15, 0.2) is 0 Å². The average Bonchev–Trinajstić information content (AvgIpc) is 3.66. The lowest BCUT2D eigenvalue weighted by Gasteiger charge is -2.39. The van der Waals surface area contributed by atoms with E-state index in [2.05, 4.69) is 38.4 Å². The number of nitriles is 1. The molecule has 2 aliphatic rings. The molecule has 59 heavy (non-hydrogen) atoms. The van der Waals surface area contributed by atoms with E-state index in [1.165, 1.54) is 4.90 Å². The van der Waals surface area contributed by atoms with Crippen molar-refractivity contribution < 1.29 is 37.6 Å². The SMILES string of the molecule is COc1ccc(C(OC[C@H]2O[C@@H](N3CCCN(C(=O)c4ccccc4)C3=O)C[C@@H]2OP(OCCC#N)N(C(C)C)C(C)C)(c2ccccc2)c2ccc(OC)cc2)cc1. The molecule has 4 aromatic carbocycles. The number of carbonyl (C=O) groups excluding carboxylic acids is 2. The number of imide groups is 1. The van der Waals surface area contributed by atoms with Crippen LogP contribution in [0.1, 0.15) is 74.0 Å². The summed E-state index contributed by atoms with van der Waals surface area (Å²) in [6.45, 7) is 9.31. The summed E-state index contributed by atoms with van der Waals surface area (Å²) in [7, 11) is 1.59. The zero-order valence-electron chi connectivity index (χ0n) is 34.7. The third kappa shape index (κ3) is 9.96. The number of carbonyl (C=O) groups is 2. The van der Waals surface area contributed by atoms with Crippen molar-refractivity contribution >= 4 is 20.5 Å². The molecule has 6 rings (SSSR count). The molecule has 0 spiro atoms. The molecule has 312 valence electrons. The Labute approximate surface area is 349 Å². The van der Waals surface area contributed by atoms with Crippen molar-refractivity contribution in [2.75, 3.05) is 40.5 Å². The van der Waals surface area contributed by atoms with Crippen molar-refractivity contribution in [1.82, 2.24) is 14.5 Å². The molecule has 0 bridgehead atoms. The van der Waals surface area contributed by atoms with Gasteiger partial charge in [0, 0.05) is 37.2 Å². The Balaban J connectivity index is 1.39. The van der Waals surface area contributed by atoms with Crippen molar-refractivity contribution in [3.8, 4) is 17.6 Å². The second-order valence-corrected chi connectivity index (χ2v) is 16.4. The minimum absolute atomic E-state index is 0.0491. The Morgan fingerprint density at radius 3 is 1.95 bits per heavy atom. The summed E-state index contributed by atoms with van der Waals surface area (Å²) in [5.41, 5.74) is 1.91. The van der Waals surface area contributed by atoms with Gasteiger partial charge in [0.2, 0.25) is 0 Å². The van der Waals surface area contributed by atoms with Crippen LogP contribution < -0.4 is 9.47 Å². The number of ether oxygens (including phenoxy) is 4. The van der Waals surface area contributed by atoms with Gasteiger partial charge in [-0.2, -0.15) is 5.26 Å². The Hall–Kier alpha value is -4.86. The van der Waals surface area contributed by atoms with Gasteiger partial charge in [0.25, 0.3) is 14.4 Å². The van der Waals surface area contributed by atoms with Crippen LogP contribution in [0.15, 0.2) is 109 Å². The normalized spacial score (nSPS) is 19.0. The third-order valence-corrected chi connectivity index (χ3v) is 12.7. The van der Waals surface area contributed by atoms with E-state index in [1.807, 2.05) is 84.9 Å². The number of urea groups is 1. The fraction of sp³-hybridized carbons (Fsp3) is 0.413. The summed E-state index contributed by atoms with van der Waals surface area (Å²) in [5, 5.41) is 9.39. The van der Waals surface area contributed by atoms with Crippen molar-refractivity contribution in [1.29, 1.82) is 5.26 Å². The predicted octanol–water partition coefficient (Wildman–Crippen LogP) is 8.76. The molecule has 12 nitrogen and oxygen atoms in total. The van der Waals surface area contributed by atoms with Crippen LogP contribution in [0.25, 0.3) is 0 Å². The molecule has 13 heteroatoms. The first kappa shape index (κ1) is 43.7. The number of hydrogen-bond acceptors (Lipinski definition) is 10. The summed E-state index contributed by atoms with van der Waals surface area (Å²) in [6, 6.07) is 36.4. The minimum atomic E-state index is -1.68. The van der Waals surface area contributed by atoms with Crippen LogP contribution in [0.3, 0.4) is 0 Å². The van der Waals surface area contributed by atoms with Crippen LogP contribution in [0.4, 0.5) is 4.79 Å². The first-order valence-electron chi connectivity index (χ1n) is 20.2. The third-order valence-electron chi connectivity index (χ3n) is 10.6. The lowest BCUT2D eigenvalue weighted by molar-refractivity contribution is -0.104. The molecule has 0 radical (unpaired) electrons. The molecule has 2 fully saturated rings. The number of amides is 3. The zero-order chi connectivity index (χ0) is 41.9. The second kappa shape index (κ2) is 20.4. The molecule has 2 heterocycles. The average molecular weight is 823 g/mol. The van der Waals surface area contributed by atoms with E-state index in [4.69, 9.17) is 28.0 Å². The highest BCUT2D eigenvalue weighted by Crippen LogP contribution is 2.50. The van der Waals surface area contributed by atoms with Gasteiger partial charge in [-0.1, -0.05) is 72.8 Å². The first-order chi connectivity index (χ1) is 28.6. The molecular formula is C46H55N4O8P. The van der Waals surface area contributed by atoms with Gasteiger partial charge < -0.3 is 28.0 Å². The summed E-state index contributed by atoms with van der Waals surface area (Å²) in [4.78, 5) is 30.7. The number of rotatable bonds is 18. The number of methoxy groups -OCH3 is 2. The van der Waals surface area contributed by atoms with Gasteiger partial charge in [-0.3, -0.25) is 14.6 Å². The topological polar surface area (TPSA) is 123 Å². The number of hydrogen-bond donors (Lipinski definition) is 0. The molecule has 0 saturated carbocycles. The van der Waals surface area contributed by atoms with Crippen LogP contribution in [0, 0.1) is 11.3 Å². The fourth-order valence-electron chi connectivity index (χ4n) is 7.78. The van der Waals surface area contributed by atoms with Crippen LogP contribution in [0.2, 0.25) is 0 Å². The molecule has 4 aromatic rings. The number of nitrogens with zero attached hydrogens (tertiary/aromatic N) is 4. The fourth-order valence-corrected chi connectivity index (χ4v) is 9.54. The van der Waals surface area contributed by atoms with Crippen LogP contribution in [-0.2, 0) is 24.1 Å². The molecule has 2 saturated heterocycles. The maximum absolute atomic E-state index is 14.2. The standard InChI is InChI=1S/C46H55N4O8P/c1-33(2)50(34(3)4)59(56-30-13-27-47)58-41-31-43(48-28-14-29-49(45(48)52)44(51)35-15-9-7-10-16-35)57-42(41)32-55-46(36-17-11-8-12-18-36,37-19-23-39(53-5)24-20-37)38-21-25-40(54-6)26-22-38/h7-12,15-26,33-34,41-43H,13-14,28-32H2,1-6H3/t41-,42+,43+,59?/m0/s1. The van der Waals surface area contributed by atoms with E-state index in [9.17, 15) is 14.9 Å². The molecule has 3 amide bonds. The smallest absolute Gasteiger partial charge is 0.329 e. The summed E-state index contributed by atoms with van der Waals surface area (Å²) in [6.07, 6.45) is -0.898. The van der Waals surface area contributed by atoms with Crippen LogP contribution in [-0.4, -0.2) is 97.5 Å². The van der Waals surface area contributed by atoms with E-state index < -0.39 is 38.6 Å². The quantitative estimate of drug-likeness (QED) is 0.0547. The summed E-state index contributed by atoms with van der Waals surface area (Å²) >= 11 is 0. The highest BCUT2D eigenvalue weighted by Gasteiger charge is 2.48. The van der Waals surface area contributed by atoms with E-state index >= 15 is 0 Å². The van der Waals surface area contributed by atoms with Gasteiger partial charge in [-0.05, 0) is 87.2 Å². The van der Waals surface area contributed by atoms with Gasteiger partial charge in [0.1, 0.15) is 29.4 Å². The Kier molecular flexibility index (Phi) is 15.1. The van der Waals surface area contributed by atoms with Gasteiger partial charge >= 0.3 is 6.03 Å². The Morgan fingerprint density at radius 2 is 1.41 bits per heavy atom.